The zero-order chi connectivity index (χ0) is 12.7. The lowest BCUT2D eigenvalue weighted by Gasteiger charge is -2.13. The molecular formula is C11H22N6. The number of nitrogens with zero attached hydrogens (tertiary/aromatic N) is 3. The molecule has 0 spiro atoms. The second kappa shape index (κ2) is 7.03. The quantitative estimate of drug-likeness (QED) is 0.368. The van der Waals surface area contributed by atoms with Crippen LogP contribution >= 0.6 is 0 Å². The van der Waals surface area contributed by atoms with Crippen LogP contribution in [0.1, 0.15) is 18.9 Å². The molecule has 1 heterocycles. The van der Waals surface area contributed by atoms with Gasteiger partial charge >= 0.3 is 0 Å². The molecule has 0 aromatic carbocycles. The molecule has 0 aliphatic rings. The van der Waals surface area contributed by atoms with Crippen molar-refractivity contribution < 1.29 is 0 Å². The number of anilines is 2. The largest absolute Gasteiger partial charge is 0.370 e. The van der Waals surface area contributed by atoms with Crippen molar-refractivity contribution >= 4 is 11.6 Å². The van der Waals surface area contributed by atoms with Crippen LogP contribution in [0.3, 0.4) is 0 Å². The molecule has 0 saturated heterocycles. The number of nitrogens with two attached hydrogens (primary N) is 1. The second-order valence-corrected chi connectivity index (χ2v) is 4.13. The Morgan fingerprint density at radius 2 is 2.00 bits per heavy atom. The molecule has 1 aromatic heterocycles. The Labute approximate surface area is 103 Å². The van der Waals surface area contributed by atoms with Gasteiger partial charge in [0, 0.05) is 12.1 Å². The predicted octanol–water partition coefficient (Wildman–Crippen LogP) is 0.688. The van der Waals surface area contributed by atoms with E-state index in [-0.39, 0.29) is 0 Å². The van der Waals surface area contributed by atoms with Gasteiger partial charge in [0.2, 0.25) is 0 Å². The van der Waals surface area contributed by atoms with Gasteiger partial charge in [0.15, 0.2) is 0 Å². The van der Waals surface area contributed by atoms with Gasteiger partial charge in [-0.2, -0.15) is 0 Å². The van der Waals surface area contributed by atoms with Crippen molar-refractivity contribution in [2.75, 3.05) is 37.9 Å². The summed E-state index contributed by atoms with van der Waals surface area (Å²) in [5, 5.41) is 3.32. The van der Waals surface area contributed by atoms with Gasteiger partial charge in [0.05, 0.1) is 0 Å². The molecule has 1 rings (SSSR count). The molecule has 0 radical (unpaired) electrons. The summed E-state index contributed by atoms with van der Waals surface area (Å²) in [7, 11) is 4.14. The van der Waals surface area contributed by atoms with Crippen molar-refractivity contribution in [2.24, 2.45) is 5.84 Å². The van der Waals surface area contributed by atoms with Gasteiger partial charge in [-0.25, -0.2) is 15.8 Å². The number of rotatable bonds is 7. The lowest BCUT2D eigenvalue weighted by Crippen LogP contribution is -2.18. The molecule has 17 heavy (non-hydrogen) atoms. The Kier molecular flexibility index (Phi) is 5.65. The minimum atomic E-state index is 0.692. The topological polar surface area (TPSA) is 79.1 Å². The smallest absolute Gasteiger partial charge is 0.148 e. The third-order valence-electron chi connectivity index (χ3n) is 2.51. The van der Waals surface area contributed by atoms with Crippen LogP contribution in [-0.4, -0.2) is 42.1 Å². The Balaban J connectivity index is 2.58. The SMILES string of the molecule is CCc1c(NN)ncnc1NCCCN(C)C. The van der Waals surface area contributed by atoms with Gasteiger partial charge < -0.3 is 15.6 Å². The highest BCUT2D eigenvalue weighted by molar-refractivity contribution is 5.56. The lowest BCUT2D eigenvalue weighted by atomic mass is 10.2. The molecule has 0 bridgehead atoms. The van der Waals surface area contributed by atoms with Crippen LogP contribution in [0.2, 0.25) is 0 Å². The Hall–Kier alpha value is -1.40. The lowest BCUT2D eigenvalue weighted by molar-refractivity contribution is 0.405. The van der Waals surface area contributed by atoms with Crippen molar-refractivity contribution in [3.8, 4) is 0 Å². The first kappa shape index (κ1) is 13.7. The number of aromatic nitrogens is 2. The normalized spacial score (nSPS) is 10.6. The predicted molar refractivity (Wildman–Crippen MR) is 70.9 cm³/mol. The van der Waals surface area contributed by atoms with E-state index in [0.717, 1.165) is 37.3 Å². The van der Waals surface area contributed by atoms with Crippen molar-refractivity contribution in [3.63, 3.8) is 0 Å². The van der Waals surface area contributed by atoms with Crippen LogP contribution in [0.4, 0.5) is 11.6 Å². The molecule has 0 saturated carbocycles. The van der Waals surface area contributed by atoms with E-state index in [2.05, 4.69) is 46.6 Å². The van der Waals surface area contributed by atoms with Crippen LogP contribution in [0.5, 0.6) is 0 Å². The zero-order valence-electron chi connectivity index (χ0n) is 10.8. The van der Waals surface area contributed by atoms with Crippen LogP contribution in [0, 0.1) is 0 Å². The van der Waals surface area contributed by atoms with E-state index in [4.69, 9.17) is 5.84 Å². The van der Waals surface area contributed by atoms with E-state index >= 15 is 0 Å². The van der Waals surface area contributed by atoms with E-state index in [1.54, 1.807) is 0 Å². The number of hydrogen-bond donors (Lipinski definition) is 3. The van der Waals surface area contributed by atoms with Crippen LogP contribution in [-0.2, 0) is 6.42 Å². The molecule has 0 aliphatic heterocycles. The third kappa shape index (κ3) is 4.16. The van der Waals surface area contributed by atoms with E-state index in [1.807, 2.05) is 0 Å². The standard InChI is InChI=1S/C11H22N6/c1-4-9-10(13-6-5-7-17(2)3)14-8-15-11(9)16-12/h8H,4-7,12H2,1-3H3,(H2,13,14,15,16). The fourth-order valence-electron chi connectivity index (χ4n) is 1.63. The first-order valence-corrected chi connectivity index (χ1v) is 5.88. The average molecular weight is 238 g/mol. The van der Waals surface area contributed by atoms with Gasteiger partial charge in [0.25, 0.3) is 0 Å². The van der Waals surface area contributed by atoms with Crippen molar-refractivity contribution in [1.29, 1.82) is 0 Å². The van der Waals surface area contributed by atoms with Gasteiger partial charge in [-0.3, -0.25) is 0 Å². The summed E-state index contributed by atoms with van der Waals surface area (Å²) in [5.74, 6) is 6.98. The molecular weight excluding hydrogens is 216 g/mol. The maximum atomic E-state index is 5.41. The number of nitrogen functional groups attached to an aromatic ring is 1. The fourth-order valence-corrected chi connectivity index (χ4v) is 1.63. The minimum Gasteiger partial charge on any atom is -0.370 e. The molecule has 1 aromatic rings. The van der Waals surface area contributed by atoms with E-state index in [1.165, 1.54) is 6.33 Å². The summed E-state index contributed by atoms with van der Waals surface area (Å²) in [6.45, 7) is 4.01. The maximum absolute atomic E-state index is 5.41. The first-order chi connectivity index (χ1) is 8.19. The summed E-state index contributed by atoms with van der Waals surface area (Å²) < 4.78 is 0. The molecule has 6 heteroatoms. The molecule has 0 aliphatic carbocycles. The molecule has 96 valence electrons. The zero-order valence-corrected chi connectivity index (χ0v) is 10.8. The average Bonchev–Trinajstić information content (AvgIpc) is 2.33. The van der Waals surface area contributed by atoms with Crippen molar-refractivity contribution in [3.05, 3.63) is 11.9 Å². The van der Waals surface area contributed by atoms with Crippen LogP contribution in [0.25, 0.3) is 0 Å². The molecule has 0 amide bonds. The highest BCUT2D eigenvalue weighted by Gasteiger charge is 2.07. The number of hydrogen-bond acceptors (Lipinski definition) is 6. The molecule has 6 nitrogen and oxygen atoms in total. The Bertz CT molecular complexity index is 339. The van der Waals surface area contributed by atoms with Gasteiger partial charge in [-0.15, -0.1) is 0 Å². The van der Waals surface area contributed by atoms with Crippen LogP contribution < -0.4 is 16.6 Å². The van der Waals surface area contributed by atoms with Gasteiger partial charge in [0.1, 0.15) is 18.0 Å². The van der Waals surface area contributed by atoms with Crippen LogP contribution in [0.15, 0.2) is 6.33 Å². The van der Waals surface area contributed by atoms with Crippen molar-refractivity contribution in [2.45, 2.75) is 19.8 Å². The molecule has 0 fully saturated rings. The molecule has 0 atom stereocenters. The highest BCUT2D eigenvalue weighted by Crippen LogP contribution is 2.19. The Morgan fingerprint density at radius 1 is 1.29 bits per heavy atom. The summed E-state index contributed by atoms with van der Waals surface area (Å²) in [5.41, 5.74) is 3.62. The van der Waals surface area contributed by atoms with E-state index < -0.39 is 0 Å². The maximum Gasteiger partial charge on any atom is 0.148 e. The third-order valence-corrected chi connectivity index (χ3v) is 2.51. The molecule has 4 N–H and O–H groups in total. The summed E-state index contributed by atoms with van der Waals surface area (Å²) in [6, 6.07) is 0. The van der Waals surface area contributed by atoms with Crippen molar-refractivity contribution in [1.82, 2.24) is 14.9 Å². The number of hydrazine groups is 1. The first-order valence-electron chi connectivity index (χ1n) is 5.88. The summed E-state index contributed by atoms with van der Waals surface area (Å²) in [6.07, 6.45) is 3.44. The minimum absolute atomic E-state index is 0.692. The fraction of sp³-hybridized carbons (Fsp3) is 0.636. The monoisotopic (exact) mass is 238 g/mol. The second-order valence-electron chi connectivity index (χ2n) is 4.13. The van der Waals surface area contributed by atoms with Gasteiger partial charge in [-0.05, 0) is 33.5 Å². The Morgan fingerprint density at radius 3 is 2.59 bits per heavy atom. The highest BCUT2D eigenvalue weighted by atomic mass is 15.3. The van der Waals surface area contributed by atoms with E-state index in [9.17, 15) is 0 Å². The summed E-state index contributed by atoms with van der Waals surface area (Å²) >= 11 is 0. The summed E-state index contributed by atoms with van der Waals surface area (Å²) in [4.78, 5) is 10.5. The van der Waals surface area contributed by atoms with Gasteiger partial charge in [-0.1, -0.05) is 6.92 Å². The molecule has 0 unspecified atom stereocenters. The number of nitrogens with one attached hydrogen (secondary N) is 2. The van der Waals surface area contributed by atoms with E-state index in [0.29, 0.717) is 5.82 Å².